The summed E-state index contributed by atoms with van der Waals surface area (Å²) in [5.41, 5.74) is 0.291. The van der Waals surface area contributed by atoms with Crippen LogP contribution in [0, 0.1) is 5.41 Å². The Bertz CT molecular complexity index is 341. The van der Waals surface area contributed by atoms with Crippen molar-refractivity contribution in [1.29, 1.82) is 0 Å². The van der Waals surface area contributed by atoms with E-state index in [0.29, 0.717) is 17.2 Å². The zero-order valence-corrected chi connectivity index (χ0v) is 9.42. The first-order valence-corrected chi connectivity index (χ1v) is 5.47. The largest absolute Gasteiger partial charge is 0.481 e. The van der Waals surface area contributed by atoms with Gasteiger partial charge in [-0.15, -0.1) is 11.6 Å². The molecule has 1 N–H and O–H groups in total. The molecule has 1 saturated carbocycles. The molecule has 1 heterocycles. The lowest BCUT2D eigenvalue weighted by molar-refractivity contribution is 0.397. The molecule has 1 fully saturated rings. The monoisotopic (exact) mass is 227 g/mol. The van der Waals surface area contributed by atoms with Crippen molar-refractivity contribution >= 4 is 17.4 Å². The minimum atomic E-state index is 0.291. The minimum absolute atomic E-state index is 0.291. The number of alkyl halides is 1. The Morgan fingerprint density at radius 3 is 2.93 bits per heavy atom. The smallest absolute Gasteiger partial charge is 0.218 e. The summed E-state index contributed by atoms with van der Waals surface area (Å²) in [5, 5.41) is 3.26. The van der Waals surface area contributed by atoms with E-state index in [-0.39, 0.29) is 0 Å². The van der Waals surface area contributed by atoms with Gasteiger partial charge in [-0.1, -0.05) is 0 Å². The number of methoxy groups -OCH3 is 1. The second-order valence-electron chi connectivity index (χ2n) is 3.93. The summed E-state index contributed by atoms with van der Waals surface area (Å²) in [6.45, 7) is 0.872. The fourth-order valence-electron chi connectivity index (χ4n) is 1.36. The molecule has 15 heavy (non-hydrogen) atoms. The second kappa shape index (κ2) is 4.23. The van der Waals surface area contributed by atoms with Crippen molar-refractivity contribution < 1.29 is 4.74 Å². The van der Waals surface area contributed by atoms with Gasteiger partial charge in [0.05, 0.1) is 7.11 Å². The Morgan fingerprint density at radius 1 is 1.53 bits per heavy atom. The maximum Gasteiger partial charge on any atom is 0.218 e. The summed E-state index contributed by atoms with van der Waals surface area (Å²) < 4.78 is 5.01. The molecule has 0 spiro atoms. The fraction of sp³-hybridized carbons (Fsp3) is 0.600. The van der Waals surface area contributed by atoms with Crippen molar-refractivity contribution in [2.24, 2.45) is 5.41 Å². The number of nitrogens with one attached hydrogen (secondary N) is 1. The molecular weight excluding hydrogens is 214 g/mol. The van der Waals surface area contributed by atoms with Crippen LogP contribution >= 0.6 is 11.6 Å². The van der Waals surface area contributed by atoms with Gasteiger partial charge in [-0.3, -0.25) is 0 Å². The maximum atomic E-state index is 5.88. The van der Waals surface area contributed by atoms with Gasteiger partial charge < -0.3 is 10.1 Å². The molecule has 4 nitrogen and oxygen atoms in total. The van der Waals surface area contributed by atoms with Crippen molar-refractivity contribution in [2.75, 3.05) is 24.9 Å². The highest BCUT2D eigenvalue weighted by atomic mass is 35.5. The van der Waals surface area contributed by atoms with Crippen LogP contribution in [0.3, 0.4) is 0 Å². The summed E-state index contributed by atoms with van der Waals surface area (Å²) in [4.78, 5) is 8.05. The van der Waals surface area contributed by atoms with E-state index in [1.165, 1.54) is 19.2 Å². The average Bonchev–Trinajstić information content (AvgIpc) is 3.07. The van der Waals surface area contributed by atoms with Crippen molar-refractivity contribution in [1.82, 2.24) is 9.97 Å². The number of hydrogen-bond donors (Lipinski definition) is 1. The van der Waals surface area contributed by atoms with E-state index in [9.17, 15) is 0 Å². The normalized spacial score (nSPS) is 17.2. The highest BCUT2D eigenvalue weighted by Crippen LogP contribution is 2.46. The zero-order valence-electron chi connectivity index (χ0n) is 8.66. The van der Waals surface area contributed by atoms with Crippen LogP contribution < -0.4 is 10.1 Å². The Hall–Kier alpha value is -1.03. The second-order valence-corrected chi connectivity index (χ2v) is 4.20. The lowest BCUT2D eigenvalue weighted by atomic mass is 10.1. The first-order chi connectivity index (χ1) is 7.28. The molecule has 1 aromatic heterocycles. The highest BCUT2D eigenvalue weighted by molar-refractivity contribution is 6.18. The molecule has 2 rings (SSSR count). The SMILES string of the molecule is COc1cc(NCC2(CCl)CC2)ncn1. The number of anilines is 1. The molecule has 5 heteroatoms. The molecule has 1 aliphatic rings. The molecule has 0 saturated heterocycles. The Balaban J connectivity index is 1.93. The first kappa shape index (κ1) is 10.5. The molecule has 0 unspecified atom stereocenters. The van der Waals surface area contributed by atoms with E-state index < -0.39 is 0 Å². The number of aromatic nitrogens is 2. The standard InChI is InChI=1S/C10H14ClN3O/c1-15-9-4-8(13-7-14-9)12-6-10(5-11)2-3-10/h4,7H,2-3,5-6H2,1H3,(H,12,13,14). The molecule has 0 atom stereocenters. The van der Waals surface area contributed by atoms with Crippen LogP contribution in [0.4, 0.5) is 5.82 Å². The van der Waals surface area contributed by atoms with Gasteiger partial charge in [-0.2, -0.15) is 0 Å². The van der Waals surface area contributed by atoms with Gasteiger partial charge in [-0.05, 0) is 12.8 Å². The van der Waals surface area contributed by atoms with Gasteiger partial charge in [0.1, 0.15) is 12.1 Å². The molecule has 1 aromatic rings. The number of rotatable bonds is 5. The first-order valence-electron chi connectivity index (χ1n) is 4.94. The van der Waals surface area contributed by atoms with Crippen LogP contribution in [0.1, 0.15) is 12.8 Å². The van der Waals surface area contributed by atoms with Gasteiger partial charge >= 0.3 is 0 Å². The van der Waals surface area contributed by atoms with Crippen LogP contribution in [0.2, 0.25) is 0 Å². The summed E-state index contributed by atoms with van der Waals surface area (Å²) in [6.07, 6.45) is 3.89. The molecule has 0 radical (unpaired) electrons. The van der Waals surface area contributed by atoms with Crippen molar-refractivity contribution in [2.45, 2.75) is 12.8 Å². The third-order valence-corrected chi connectivity index (χ3v) is 3.30. The van der Waals surface area contributed by atoms with Gasteiger partial charge in [0, 0.05) is 23.9 Å². The van der Waals surface area contributed by atoms with Crippen LogP contribution in [0.25, 0.3) is 0 Å². The van der Waals surface area contributed by atoms with E-state index in [2.05, 4.69) is 15.3 Å². The van der Waals surface area contributed by atoms with E-state index >= 15 is 0 Å². The van der Waals surface area contributed by atoms with E-state index in [1.807, 2.05) is 0 Å². The van der Waals surface area contributed by atoms with Crippen LogP contribution in [-0.4, -0.2) is 29.5 Å². The molecular formula is C10H14ClN3O. The summed E-state index contributed by atoms with van der Waals surface area (Å²) in [7, 11) is 1.59. The lowest BCUT2D eigenvalue weighted by Crippen LogP contribution is -2.17. The predicted octanol–water partition coefficient (Wildman–Crippen LogP) is 1.92. The number of halogens is 1. The van der Waals surface area contributed by atoms with Gasteiger partial charge in [0.2, 0.25) is 5.88 Å². The maximum absolute atomic E-state index is 5.88. The topological polar surface area (TPSA) is 47.0 Å². The molecule has 82 valence electrons. The van der Waals surface area contributed by atoms with Gasteiger partial charge in [0.25, 0.3) is 0 Å². The summed E-state index contributed by atoms with van der Waals surface area (Å²) in [5.74, 6) is 2.07. The van der Waals surface area contributed by atoms with Gasteiger partial charge in [-0.25, -0.2) is 9.97 Å². The van der Waals surface area contributed by atoms with Crippen molar-refractivity contribution in [3.05, 3.63) is 12.4 Å². The highest BCUT2D eigenvalue weighted by Gasteiger charge is 2.41. The van der Waals surface area contributed by atoms with Crippen LogP contribution in [-0.2, 0) is 0 Å². The Kier molecular flexibility index (Phi) is 2.95. The van der Waals surface area contributed by atoms with Crippen LogP contribution in [0.15, 0.2) is 12.4 Å². The van der Waals surface area contributed by atoms with Crippen LogP contribution in [0.5, 0.6) is 5.88 Å². The third kappa shape index (κ3) is 2.50. The van der Waals surface area contributed by atoms with Crippen molar-refractivity contribution in [3.8, 4) is 5.88 Å². The van der Waals surface area contributed by atoms with E-state index in [4.69, 9.17) is 16.3 Å². The number of ether oxygens (including phenoxy) is 1. The number of hydrogen-bond acceptors (Lipinski definition) is 4. The molecule has 0 bridgehead atoms. The lowest BCUT2D eigenvalue weighted by Gasteiger charge is -2.12. The van der Waals surface area contributed by atoms with E-state index in [0.717, 1.165) is 12.4 Å². The fourth-order valence-corrected chi connectivity index (χ4v) is 1.72. The summed E-state index contributed by atoms with van der Waals surface area (Å²) in [6, 6.07) is 1.78. The molecule has 0 aromatic carbocycles. The summed E-state index contributed by atoms with van der Waals surface area (Å²) >= 11 is 5.88. The minimum Gasteiger partial charge on any atom is -0.481 e. The quantitative estimate of drug-likeness (QED) is 0.781. The Morgan fingerprint density at radius 2 is 2.33 bits per heavy atom. The predicted molar refractivity (Wildman–Crippen MR) is 59.5 cm³/mol. The van der Waals surface area contributed by atoms with Crippen molar-refractivity contribution in [3.63, 3.8) is 0 Å². The van der Waals surface area contributed by atoms with Gasteiger partial charge in [0.15, 0.2) is 0 Å². The van der Waals surface area contributed by atoms with E-state index in [1.54, 1.807) is 13.2 Å². The molecule has 1 aliphatic carbocycles. The number of nitrogens with zero attached hydrogens (tertiary/aromatic N) is 2. The molecule has 0 amide bonds. The zero-order chi connectivity index (χ0) is 10.7. The third-order valence-electron chi connectivity index (χ3n) is 2.74. The Labute approximate surface area is 94.0 Å². The average molecular weight is 228 g/mol. The molecule has 0 aliphatic heterocycles.